The summed E-state index contributed by atoms with van der Waals surface area (Å²) in [6, 6.07) is 0. The lowest BCUT2D eigenvalue weighted by atomic mass is 10.2. The molecule has 1 aliphatic heterocycles. The molecule has 0 atom stereocenters. The summed E-state index contributed by atoms with van der Waals surface area (Å²) >= 11 is 0. The maximum atomic E-state index is 11.5. The molecule has 0 spiro atoms. The Kier molecular flexibility index (Phi) is 14.8. The van der Waals surface area contributed by atoms with E-state index in [1.165, 1.54) is 38.8 Å². The number of likely N-dealkylation sites (tertiary alicyclic amines) is 1. The molecule has 1 heterocycles. The van der Waals surface area contributed by atoms with Gasteiger partial charge in [-0.1, -0.05) is 12.8 Å². The zero-order valence-corrected chi connectivity index (χ0v) is 19.9. The fourth-order valence-corrected chi connectivity index (χ4v) is 2.89. The van der Waals surface area contributed by atoms with Gasteiger partial charge in [-0.3, -0.25) is 4.99 Å². The van der Waals surface area contributed by atoms with Crippen molar-refractivity contribution in [3.63, 3.8) is 0 Å². The van der Waals surface area contributed by atoms with Gasteiger partial charge in [0.05, 0.1) is 0 Å². The van der Waals surface area contributed by atoms with Crippen molar-refractivity contribution >= 4 is 36.0 Å². The Bertz CT molecular complexity index is 419. The van der Waals surface area contributed by atoms with Gasteiger partial charge in [0.25, 0.3) is 0 Å². The van der Waals surface area contributed by atoms with Gasteiger partial charge in [-0.05, 0) is 66.1 Å². The quantitative estimate of drug-likeness (QED) is 0.208. The van der Waals surface area contributed by atoms with Gasteiger partial charge in [0.1, 0.15) is 5.60 Å². The third kappa shape index (κ3) is 14.9. The fourth-order valence-electron chi connectivity index (χ4n) is 2.89. The van der Waals surface area contributed by atoms with Crippen LogP contribution in [0.2, 0.25) is 0 Å². The lowest BCUT2D eigenvalue weighted by Crippen LogP contribution is -2.40. The van der Waals surface area contributed by atoms with Crippen molar-refractivity contribution in [3.8, 4) is 0 Å². The number of guanidine groups is 1. The van der Waals surface area contributed by atoms with Gasteiger partial charge < -0.3 is 25.6 Å². The van der Waals surface area contributed by atoms with Crippen molar-refractivity contribution in [1.29, 1.82) is 0 Å². The number of carbonyl (C=O) groups excluding carboxylic acids is 1. The maximum absolute atomic E-state index is 11.5. The molecule has 0 radical (unpaired) electrons. The summed E-state index contributed by atoms with van der Waals surface area (Å²) in [4.78, 5) is 18.4. The predicted molar refractivity (Wildman–Crippen MR) is 123 cm³/mol. The summed E-state index contributed by atoms with van der Waals surface area (Å²) in [6.07, 6.45) is 7.02. The molecule has 1 saturated heterocycles. The normalized spacial score (nSPS) is 16.1. The number of carbonyl (C=O) groups is 1. The number of amides is 1. The van der Waals surface area contributed by atoms with Gasteiger partial charge in [0.2, 0.25) is 0 Å². The molecule has 0 aromatic heterocycles. The van der Waals surface area contributed by atoms with Crippen LogP contribution in [0.4, 0.5) is 4.79 Å². The topological polar surface area (TPSA) is 78.0 Å². The molecule has 0 aliphatic carbocycles. The first kappa shape index (κ1) is 26.2. The predicted octanol–water partition coefficient (Wildman–Crippen LogP) is 2.95. The van der Waals surface area contributed by atoms with Crippen LogP contribution in [-0.4, -0.2) is 68.9 Å². The molecule has 0 saturated carbocycles. The Morgan fingerprint density at radius 1 is 0.963 bits per heavy atom. The number of rotatable bonds is 8. The van der Waals surface area contributed by atoms with Crippen LogP contribution in [0.3, 0.4) is 0 Å². The second-order valence-corrected chi connectivity index (χ2v) is 7.82. The molecule has 1 rings (SSSR count). The largest absolute Gasteiger partial charge is 0.444 e. The number of hydrogen-bond donors (Lipinski definition) is 3. The molecule has 1 aliphatic rings. The Balaban J connectivity index is 0.00000676. The highest BCUT2D eigenvalue weighted by atomic mass is 127. The van der Waals surface area contributed by atoms with Crippen LogP contribution in [0.5, 0.6) is 0 Å². The average Bonchev–Trinajstić information content (AvgIpc) is 2.83. The zero-order valence-electron chi connectivity index (χ0n) is 17.6. The highest BCUT2D eigenvalue weighted by Crippen LogP contribution is 2.09. The van der Waals surface area contributed by atoms with Crippen LogP contribution >= 0.6 is 24.0 Å². The molecule has 0 bridgehead atoms. The summed E-state index contributed by atoms with van der Waals surface area (Å²) in [7, 11) is 1.78. The number of alkyl carbamates (subject to hydrolysis) is 1. The van der Waals surface area contributed by atoms with Crippen molar-refractivity contribution in [3.05, 3.63) is 0 Å². The van der Waals surface area contributed by atoms with E-state index >= 15 is 0 Å². The molecule has 3 N–H and O–H groups in total. The third-order valence-electron chi connectivity index (χ3n) is 4.18. The van der Waals surface area contributed by atoms with Crippen molar-refractivity contribution < 1.29 is 9.53 Å². The number of ether oxygens (including phenoxy) is 1. The summed E-state index contributed by atoms with van der Waals surface area (Å²) < 4.78 is 5.20. The van der Waals surface area contributed by atoms with Gasteiger partial charge in [-0.15, -0.1) is 24.0 Å². The van der Waals surface area contributed by atoms with Crippen molar-refractivity contribution in [2.24, 2.45) is 4.99 Å². The molecule has 7 nitrogen and oxygen atoms in total. The smallest absolute Gasteiger partial charge is 0.407 e. The van der Waals surface area contributed by atoms with Crippen LogP contribution in [0, 0.1) is 0 Å². The summed E-state index contributed by atoms with van der Waals surface area (Å²) in [6.45, 7) is 11.5. The van der Waals surface area contributed by atoms with E-state index in [1.807, 2.05) is 20.8 Å². The lowest BCUT2D eigenvalue weighted by molar-refractivity contribution is 0.0527. The summed E-state index contributed by atoms with van der Waals surface area (Å²) in [5.74, 6) is 0.818. The zero-order chi connectivity index (χ0) is 19.3. The van der Waals surface area contributed by atoms with E-state index in [9.17, 15) is 4.79 Å². The first-order chi connectivity index (χ1) is 12.4. The highest BCUT2D eigenvalue weighted by Gasteiger charge is 2.15. The minimum absolute atomic E-state index is 0. The Labute approximate surface area is 182 Å². The summed E-state index contributed by atoms with van der Waals surface area (Å²) in [5, 5.41) is 9.39. The molecule has 0 aromatic carbocycles. The van der Waals surface area contributed by atoms with Crippen LogP contribution < -0.4 is 16.0 Å². The molecular weight excluding hydrogens is 457 g/mol. The number of nitrogens with one attached hydrogen (secondary N) is 3. The molecule has 8 heteroatoms. The average molecular weight is 497 g/mol. The first-order valence-electron chi connectivity index (χ1n) is 10.0. The van der Waals surface area contributed by atoms with E-state index in [-0.39, 0.29) is 30.1 Å². The molecule has 1 fully saturated rings. The van der Waals surface area contributed by atoms with Crippen molar-refractivity contribution in [1.82, 2.24) is 20.9 Å². The highest BCUT2D eigenvalue weighted by molar-refractivity contribution is 14.0. The molecule has 160 valence electrons. The molecule has 0 unspecified atom stereocenters. The van der Waals surface area contributed by atoms with Crippen LogP contribution in [0.1, 0.15) is 59.3 Å². The van der Waals surface area contributed by atoms with E-state index < -0.39 is 5.60 Å². The van der Waals surface area contributed by atoms with Gasteiger partial charge in [-0.25, -0.2) is 4.79 Å². The van der Waals surface area contributed by atoms with Crippen LogP contribution in [0.25, 0.3) is 0 Å². The van der Waals surface area contributed by atoms with E-state index in [2.05, 4.69) is 25.8 Å². The fraction of sp³-hybridized carbons (Fsp3) is 0.895. The molecular formula is C19H40IN5O2. The molecule has 0 aromatic rings. The van der Waals surface area contributed by atoms with E-state index in [0.717, 1.165) is 38.4 Å². The van der Waals surface area contributed by atoms with Crippen LogP contribution in [-0.2, 0) is 4.74 Å². The molecule has 27 heavy (non-hydrogen) atoms. The maximum Gasteiger partial charge on any atom is 0.407 e. The number of halogens is 1. The number of nitrogens with zero attached hydrogens (tertiary/aromatic N) is 2. The third-order valence-corrected chi connectivity index (χ3v) is 4.18. The van der Waals surface area contributed by atoms with E-state index in [1.54, 1.807) is 7.05 Å². The van der Waals surface area contributed by atoms with Gasteiger partial charge in [0.15, 0.2) is 5.96 Å². The van der Waals surface area contributed by atoms with E-state index in [0.29, 0.717) is 6.54 Å². The lowest BCUT2D eigenvalue weighted by Gasteiger charge is -2.20. The Hall–Kier alpha value is -0.770. The first-order valence-corrected chi connectivity index (χ1v) is 10.0. The monoisotopic (exact) mass is 497 g/mol. The van der Waals surface area contributed by atoms with Crippen molar-refractivity contribution in [2.45, 2.75) is 64.9 Å². The van der Waals surface area contributed by atoms with Gasteiger partial charge in [0, 0.05) is 26.7 Å². The second-order valence-electron chi connectivity index (χ2n) is 7.82. The number of hydrogen-bond acceptors (Lipinski definition) is 4. The molecule has 1 amide bonds. The number of aliphatic imine (C=N–C) groups is 1. The second kappa shape index (κ2) is 15.2. The SMILES string of the molecule is CN=C(NCCCNC(=O)OC(C)(C)C)NCCCN1CCCCCC1.I. The van der Waals surface area contributed by atoms with Gasteiger partial charge >= 0.3 is 6.09 Å². The minimum atomic E-state index is -0.457. The Morgan fingerprint density at radius 3 is 2.07 bits per heavy atom. The van der Waals surface area contributed by atoms with Crippen LogP contribution in [0.15, 0.2) is 4.99 Å². The van der Waals surface area contributed by atoms with Gasteiger partial charge in [-0.2, -0.15) is 0 Å². The standard InChI is InChI=1S/C19H39N5O2.HI/c1-19(2,3)26-18(25)23-12-9-11-21-17(20-4)22-13-10-16-24-14-7-5-6-8-15-24;/h5-16H2,1-4H3,(H,23,25)(H2,20,21,22);1H. The minimum Gasteiger partial charge on any atom is -0.444 e. The van der Waals surface area contributed by atoms with Crippen molar-refractivity contribution in [2.75, 3.05) is 46.3 Å². The Morgan fingerprint density at radius 2 is 1.52 bits per heavy atom. The summed E-state index contributed by atoms with van der Waals surface area (Å²) in [5.41, 5.74) is -0.457. The van der Waals surface area contributed by atoms with E-state index in [4.69, 9.17) is 4.74 Å².